The smallest absolute Gasteiger partial charge is 0.340 e. The van der Waals surface area contributed by atoms with E-state index < -0.39 is 11.6 Å². The third kappa shape index (κ3) is 3.95. The Balaban J connectivity index is 1.58. The van der Waals surface area contributed by atoms with Crippen LogP contribution in [0, 0.1) is 23.2 Å². The monoisotopic (exact) mass is 458 g/mol. The van der Waals surface area contributed by atoms with Crippen molar-refractivity contribution in [1.82, 2.24) is 0 Å². The first-order chi connectivity index (χ1) is 15.5. The summed E-state index contributed by atoms with van der Waals surface area (Å²) in [4.78, 5) is 13.0. The highest BCUT2D eigenvalue weighted by atomic mass is 16.6. The van der Waals surface area contributed by atoms with E-state index in [0.717, 1.165) is 24.8 Å². The number of fused-ring (bicyclic) bond motifs is 1. The normalized spacial score (nSPS) is 34.9. The minimum atomic E-state index is -0.832. The van der Waals surface area contributed by atoms with Crippen LogP contribution in [0.25, 0.3) is 0 Å². The number of hydrogen-bond donors (Lipinski definition) is 2. The fourth-order valence-electron chi connectivity index (χ4n) is 6.46. The molecule has 3 aliphatic rings. The fraction of sp³-hybridized carbons (Fsp3) is 0.667. The summed E-state index contributed by atoms with van der Waals surface area (Å²) in [5, 5.41) is 20.7. The Hall–Kier alpha value is -2.05. The highest BCUT2D eigenvalue weighted by molar-refractivity contribution is 5.93. The molecule has 182 valence electrons. The molecule has 2 fully saturated rings. The molecule has 1 aromatic carbocycles. The molecule has 0 unspecified atom stereocenters. The Kier molecular flexibility index (Phi) is 6.29. The first-order valence-electron chi connectivity index (χ1n) is 12.1. The number of allylic oxidation sites excluding steroid dienone is 1. The zero-order chi connectivity index (χ0) is 24.1. The molecule has 1 spiro atoms. The van der Waals surface area contributed by atoms with Crippen LogP contribution in [-0.4, -0.2) is 41.1 Å². The molecule has 2 saturated heterocycles. The number of esters is 1. The fourth-order valence-corrected chi connectivity index (χ4v) is 6.46. The van der Waals surface area contributed by atoms with E-state index in [1.165, 1.54) is 0 Å². The largest absolute Gasteiger partial charge is 0.511 e. The van der Waals surface area contributed by atoms with E-state index in [4.69, 9.17) is 14.2 Å². The first kappa shape index (κ1) is 24.1. The van der Waals surface area contributed by atoms with Gasteiger partial charge < -0.3 is 24.4 Å². The Morgan fingerprint density at radius 1 is 1.18 bits per heavy atom. The molecule has 7 atom stereocenters. The maximum absolute atomic E-state index is 13.0. The number of phenolic OH excluding ortho intramolecular Hbond substituents is 1. The molecule has 33 heavy (non-hydrogen) atoms. The van der Waals surface area contributed by atoms with Crippen molar-refractivity contribution in [3.63, 3.8) is 0 Å². The van der Waals surface area contributed by atoms with Crippen LogP contribution < -0.4 is 0 Å². The van der Waals surface area contributed by atoms with E-state index in [2.05, 4.69) is 27.7 Å². The van der Waals surface area contributed by atoms with Gasteiger partial charge in [-0.15, -0.1) is 0 Å². The lowest BCUT2D eigenvalue weighted by Gasteiger charge is -2.60. The standard InChI is InChI=1S/C27H38O6/c1-15(10-11-20(31-6)18-8-7-9-19(28)12-18)24-17(3)21-14-27(33-24)22(25(30)32-21)23(29)16(2)13-26(27,4)5/h7-9,12,15-17,20-21,24,28-29H,10-11,13-14H2,1-6H3/t15-,16+,17-,20-,21+,24+,27-/m0/s1. The van der Waals surface area contributed by atoms with Crippen molar-refractivity contribution < 1.29 is 29.2 Å². The van der Waals surface area contributed by atoms with Crippen molar-refractivity contribution in [2.24, 2.45) is 23.2 Å². The van der Waals surface area contributed by atoms with Crippen molar-refractivity contribution in [1.29, 1.82) is 0 Å². The number of aliphatic hydroxyl groups excluding tert-OH is 1. The molecular formula is C27H38O6. The van der Waals surface area contributed by atoms with E-state index in [9.17, 15) is 15.0 Å². The number of rotatable bonds is 6. The number of hydrogen-bond acceptors (Lipinski definition) is 6. The second kappa shape index (κ2) is 8.62. The van der Waals surface area contributed by atoms with Crippen LogP contribution in [-0.2, 0) is 19.0 Å². The molecule has 2 N–H and O–H groups in total. The van der Waals surface area contributed by atoms with E-state index in [1.54, 1.807) is 19.2 Å². The number of carbonyl (C=O) groups excluding carboxylic acids is 1. The minimum absolute atomic E-state index is 0.0511. The average molecular weight is 459 g/mol. The van der Waals surface area contributed by atoms with E-state index in [1.807, 2.05) is 19.1 Å². The van der Waals surface area contributed by atoms with Crippen molar-refractivity contribution in [3.8, 4) is 5.75 Å². The molecule has 0 radical (unpaired) electrons. The first-order valence-corrected chi connectivity index (χ1v) is 12.1. The van der Waals surface area contributed by atoms with Gasteiger partial charge >= 0.3 is 5.97 Å². The second-order valence-corrected chi connectivity index (χ2v) is 11.0. The number of benzene rings is 1. The van der Waals surface area contributed by atoms with Crippen molar-refractivity contribution in [2.75, 3.05) is 7.11 Å². The van der Waals surface area contributed by atoms with Gasteiger partial charge in [0.15, 0.2) is 0 Å². The summed E-state index contributed by atoms with van der Waals surface area (Å²) in [6.45, 7) is 10.5. The van der Waals surface area contributed by atoms with E-state index in [0.29, 0.717) is 12.0 Å². The summed E-state index contributed by atoms with van der Waals surface area (Å²) in [5.74, 6) is 0.0636. The molecule has 2 aliphatic heterocycles. The van der Waals surface area contributed by atoms with Gasteiger partial charge in [-0.05, 0) is 48.3 Å². The highest BCUT2D eigenvalue weighted by Gasteiger charge is 2.65. The molecule has 2 bridgehead atoms. The number of carbonyl (C=O) groups is 1. The molecule has 0 amide bonds. The third-order valence-electron chi connectivity index (χ3n) is 8.40. The van der Waals surface area contributed by atoms with Crippen LogP contribution in [0.3, 0.4) is 0 Å². The van der Waals surface area contributed by atoms with E-state index in [-0.39, 0.29) is 53.0 Å². The zero-order valence-corrected chi connectivity index (χ0v) is 20.6. The van der Waals surface area contributed by atoms with Gasteiger partial charge in [0.25, 0.3) is 0 Å². The van der Waals surface area contributed by atoms with Crippen molar-refractivity contribution >= 4 is 5.97 Å². The average Bonchev–Trinajstić information content (AvgIpc) is 2.75. The van der Waals surface area contributed by atoms with E-state index >= 15 is 0 Å². The van der Waals surface area contributed by atoms with Crippen molar-refractivity contribution in [2.45, 2.75) is 84.2 Å². The van der Waals surface area contributed by atoms with Gasteiger partial charge in [-0.1, -0.05) is 46.8 Å². The predicted molar refractivity (Wildman–Crippen MR) is 125 cm³/mol. The Labute approximate surface area is 196 Å². The van der Waals surface area contributed by atoms with Crippen LogP contribution in [0.5, 0.6) is 5.75 Å². The summed E-state index contributed by atoms with van der Waals surface area (Å²) in [5.41, 5.74) is 0.145. The quantitative estimate of drug-likeness (QED) is 0.551. The maximum Gasteiger partial charge on any atom is 0.340 e. The maximum atomic E-state index is 13.0. The van der Waals surface area contributed by atoms with Gasteiger partial charge in [-0.25, -0.2) is 4.79 Å². The zero-order valence-electron chi connectivity index (χ0n) is 20.6. The molecule has 6 heteroatoms. The van der Waals surface area contributed by atoms with Crippen molar-refractivity contribution in [3.05, 3.63) is 41.2 Å². The van der Waals surface area contributed by atoms with Crippen LogP contribution in [0.4, 0.5) is 0 Å². The molecule has 2 heterocycles. The minimum Gasteiger partial charge on any atom is -0.511 e. The summed E-state index contributed by atoms with van der Waals surface area (Å²) in [7, 11) is 1.69. The predicted octanol–water partition coefficient (Wildman–Crippen LogP) is 5.46. The molecule has 1 aromatic rings. The van der Waals surface area contributed by atoms with Gasteiger partial charge in [0, 0.05) is 25.4 Å². The summed E-state index contributed by atoms with van der Waals surface area (Å²) in [6.07, 6.45) is 2.50. The molecule has 4 rings (SSSR count). The van der Waals surface area contributed by atoms with Crippen LogP contribution in [0.15, 0.2) is 35.6 Å². The Bertz CT molecular complexity index is 936. The molecule has 0 saturated carbocycles. The molecule has 6 nitrogen and oxygen atoms in total. The van der Waals surface area contributed by atoms with Crippen LogP contribution in [0.2, 0.25) is 0 Å². The molecule has 0 aromatic heterocycles. The number of phenols is 1. The number of methoxy groups -OCH3 is 1. The second-order valence-electron chi connectivity index (χ2n) is 11.0. The topological polar surface area (TPSA) is 85.2 Å². The van der Waals surface area contributed by atoms with Gasteiger partial charge in [0.2, 0.25) is 0 Å². The van der Waals surface area contributed by atoms with Gasteiger partial charge in [-0.3, -0.25) is 0 Å². The number of aromatic hydroxyl groups is 1. The summed E-state index contributed by atoms with van der Waals surface area (Å²) in [6, 6.07) is 7.19. The molecule has 1 aliphatic carbocycles. The lowest BCUT2D eigenvalue weighted by atomic mass is 9.56. The molecular weight excluding hydrogens is 420 g/mol. The van der Waals surface area contributed by atoms with Gasteiger partial charge in [0.1, 0.15) is 28.8 Å². The Morgan fingerprint density at radius 3 is 2.58 bits per heavy atom. The summed E-state index contributed by atoms with van der Waals surface area (Å²) >= 11 is 0. The van der Waals surface area contributed by atoms with Gasteiger partial charge in [0.05, 0.1) is 12.2 Å². The third-order valence-corrected chi connectivity index (χ3v) is 8.40. The van der Waals surface area contributed by atoms with Gasteiger partial charge in [-0.2, -0.15) is 0 Å². The SMILES string of the molecule is CO[C@@H](CC[C@H](C)[C@H]1O[C@@]23C[C@@H](OC(=O)C2=C(O)[C@H](C)CC3(C)C)[C@@H]1C)c1cccc(O)c1. The Morgan fingerprint density at radius 2 is 1.91 bits per heavy atom. The number of aliphatic hydroxyl groups is 1. The summed E-state index contributed by atoms with van der Waals surface area (Å²) < 4.78 is 18.5. The highest BCUT2D eigenvalue weighted by Crippen LogP contribution is 2.59. The van der Waals surface area contributed by atoms with Crippen LogP contribution >= 0.6 is 0 Å². The lowest BCUT2D eigenvalue weighted by Crippen LogP contribution is -2.66. The van der Waals surface area contributed by atoms with Crippen LogP contribution in [0.1, 0.15) is 72.0 Å². The number of ether oxygens (including phenoxy) is 3. The lowest BCUT2D eigenvalue weighted by molar-refractivity contribution is -0.258.